The minimum absolute atomic E-state index is 0.0248. The monoisotopic (exact) mass is 406 g/mol. The van der Waals surface area contributed by atoms with E-state index in [1.165, 1.54) is 36.1 Å². The van der Waals surface area contributed by atoms with Gasteiger partial charge in [-0.05, 0) is 79.8 Å². The summed E-state index contributed by atoms with van der Waals surface area (Å²) in [6, 6.07) is 8.70. The summed E-state index contributed by atoms with van der Waals surface area (Å²) in [5.41, 5.74) is 3.80. The van der Waals surface area contributed by atoms with Crippen LogP contribution in [0.2, 0.25) is 0 Å². The maximum Gasteiger partial charge on any atom is 0.307 e. The Kier molecular flexibility index (Phi) is 4.89. The molecule has 4 rings (SSSR count). The molecular formula is C26H27FO3. The van der Waals surface area contributed by atoms with E-state index in [-0.39, 0.29) is 23.0 Å². The number of ether oxygens (including phenoxy) is 1. The lowest BCUT2D eigenvalue weighted by Crippen LogP contribution is -2.41. The maximum atomic E-state index is 14.2. The Labute approximate surface area is 177 Å². The zero-order chi connectivity index (χ0) is 21.7. The number of benzene rings is 2. The van der Waals surface area contributed by atoms with Crippen molar-refractivity contribution in [2.45, 2.75) is 70.3 Å². The number of rotatable bonds is 3. The molecule has 1 heterocycles. The molecule has 2 aromatic carbocycles. The van der Waals surface area contributed by atoms with Gasteiger partial charge in [-0.2, -0.15) is 0 Å². The van der Waals surface area contributed by atoms with Gasteiger partial charge in [0.1, 0.15) is 17.2 Å². The summed E-state index contributed by atoms with van der Waals surface area (Å²) in [6.07, 6.45) is 2.93. The molecule has 4 heteroatoms. The van der Waals surface area contributed by atoms with Gasteiger partial charge in [0.05, 0.1) is 6.42 Å². The van der Waals surface area contributed by atoms with E-state index in [0.29, 0.717) is 11.5 Å². The number of halogens is 1. The van der Waals surface area contributed by atoms with Crippen molar-refractivity contribution in [1.82, 2.24) is 0 Å². The van der Waals surface area contributed by atoms with Gasteiger partial charge in [-0.25, -0.2) is 4.39 Å². The molecular weight excluding hydrogens is 379 g/mol. The van der Waals surface area contributed by atoms with Gasteiger partial charge in [0.25, 0.3) is 0 Å². The number of aliphatic carboxylic acids is 1. The van der Waals surface area contributed by atoms with E-state index < -0.39 is 11.8 Å². The van der Waals surface area contributed by atoms with Crippen LogP contribution in [0.15, 0.2) is 30.3 Å². The number of fused-ring (bicyclic) bond motifs is 1. The largest absolute Gasteiger partial charge is 0.487 e. The highest BCUT2D eigenvalue weighted by Gasteiger charge is 2.42. The molecule has 2 aliphatic rings. The highest BCUT2D eigenvalue weighted by molar-refractivity contribution is 5.70. The van der Waals surface area contributed by atoms with E-state index in [0.717, 1.165) is 17.7 Å². The smallest absolute Gasteiger partial charge is 0.307 e. The number of carboxylic acid groups (broad SMARTS) is 1. The molecule has 0 unspecified atom stereocenters. The molecule has 156 valence electrons. The Morgan fingerprint density at radius 1 is 1.13 bits per heavy atom. The third kappa shape index (κ3) is 4.21. The maximum absolute atomic E-state index is 14.2. The van der Waals surface area contributed by atoms with Crippen molar-refractivity contribution in [3.63, 3.8) is 0 Å². The first-order chi connectivity index (χ1) is 14.0. The van der Waals surface area contributed by atoms with Crippen LogP contribution in [0.5, 0.6) is 5.75 Å². The standard InChI is InChI=1S/C26H27FO3/c1-25(2)15-26(3,4)30-24-20(18-9-10-18)11-17(12-21(24)25)6-5-16-7-8-19(14-23(28)29)22(27)13-16/h7-8,11-13,18H,9-10,14-15H2,1-4H3,(H,28,29). The summed E-state index contributed by atoms with van der Waals surface area (Å²) >= 11 is 0. The van der Waals surface area contributed by atoms with Crippen LogP contribution in [-0.4, -0.2) is 16.7 Å². The summed E-state index contributed by atoms with van der Waals surface area (Å²) < 4.78 is 20.6. The van der Waals surface area contributed by atoms with Crippen molar-refractivity contribution in [3.8, 4) is 17.6 Å². The molecule has 2 aromatic rings. The second-order valence-electron chi connectivity index (χ2n) is 9.77. The minimum atomic E-state index is -1.05. The number of carboxylic acids is 1. The number of carbonyl (C=O) groups is 1. The van der Waals surface area contributed by atoms with Gasteiger partial charge in [0.15, 0.2) is 0 Å². The summed E-state index contributed by atoms with van der Waals surface area (Å²) in [4.78, 5) is 10.8. The van der Waals surface area contributed by atoms with Gasteiger partial charge in [0.2, 0.25) is 0 Å². The van der Waals surface area contributed by atoms with E-state index >= 15 is 0 Å². The Morgan fingerprint density at radius 3 is 2.47 bits per heavy atom. The van der Waals surface area contributed by atoms with Crippen molar-refractivity contribution in [2.24, 2.45) is 0 Å². The average molecular weight is 406 g/mol. The second kappa shape index (κ2) is 7.16. The molecule has 1 aliphatic carbocycles. The zero-order valence-electron chi connectivity index (χ0n) is 17.9. The van der Waals surface area contributed by atoms with Gasteiger partial charge >= 0.3 is 5.97 Å². The van der Waals surface area contributed by atoms with Gasteiger partial charge < -0.3 is 9.84 Å². The third-order valence-electron chi connectivity index (χ3n) is 5.86. The molecule has 30 heavy (non-hydrogen) atoms. The lowest BCUT2D eigenvalue weighted by molar-refractivity contribution is -0.136. The fraction of sp³-hybridized carbons (Fsp3) is 0.423. The summed E-state index contributed by atoms with van der Waals surface area (Å²) in [6.45, 7) is 8.79. The zero-order valence-corrected chi connectivity index (χ0v) is 17.9. The molecule has 0 radical (unpaired) electrons. The van der Waals surface area contributed by atoms with Crippen LogP contribution in [0.1, 0.15) is 80.7 Å². The molecule has 1 N–H and O–H groups in total. The van der Waals surface area contributed by atoms with E-state index in [9.17, 15) is 9.18 Å². The Balaban J connectivity index is 1.72. The lowest BCUT2D eigenvalue weighted by Gasteiger charge is -2.43. The molecule has 1 aliphatic heterocycles. The van der Waals surface area contributed by atoms with Crippen LogP contribution in [-0.2, 0) is 16.6 Å². The van der Waals surface area contributed by atoms with Crippen LogP contribution in [0.4, 0.5) is 4.39 Å². The molecule has 0 atom stereocenters. The second-order valence-corrected chi connectivity index (χ2v) is 9.77. The summed E-state index contributed by atoms with van der Waals surface area (Å²) in [7, 11) is 0. The van der Waals surface area contributed by atoms with E-state index in [2.05, 4.69) is 51.7 Å². The van der Waals surface area contributed by atoms with Crippen LogP contribution in [0.25, 0.3) is 0 Å². The lowest BCUT2D eigenvalue weighted by atomic mass is 9.72. The fourth-order valence-corrected chi connectivity index (χ4v) is 4.59. The van der Waals surface area contributed by atoms with Crippen LogP contribution in [0, 0.1) is 17.7 Å². The normalized spacial score (nSPS) is 18.6. The molecule has 1 saturated carbocycles. The first kappa shape index (κ1) is 20.5. The molecule has 0 amide bonds. The van der Waals surface area contributed by atoms with Crippen molar-refractivity contribution < 1.29 is 19.0 Å². The van der Waals surface area contributed by atoms with Crippen molar-refractivity contribution in [2.75, 3.05) is 0 Å². The molecule has 0 aromatic heterocycles. The van der Waals surface area contributed by atoms with E-state index in [1.807, 2.05) is 0 Å². The molecule has 3 nitrogen and oxygen atoms in total. The quantitative estimate of drug-likeness (QED) is 0.678. The molecule has 0 bridgehead atoms. The van der Waals surface area contributed by atoms with Gasteiger partial charge in [-0.3, -0.25) is 4.79 Å². The number of hydrogen-bond acceptors (Lipinski definition) is 2. The molecule has 1 fully saturated rings. The minimum Gasteiger partial charge on any atom is -0.487 e. The van der Waals surface area contributed by atoms with Crippen molar-refractivity contribution in [3.05, 3.63) is 64.0 Å². The predicted molar refractivity (Wildman–Crippen MR) is 114 cm³/mol. The summed E-state index contributed by atoms with van der Waals surface area (Å²) in [5, 5.41) is 8.86. The van der Waals surface area contributed by atoms with Crippen LogP contribution >= 0.6 is 0 Å². The highest BCUT2D eigenvalue weighted by atomic mass is 19.1. The van der Waals surface area contributed by atoms with Gasteiger partial charge in [0, 0.05) is 16.7 Å². The van der Waals surface area contributed by atoms with Crippen molar-refractivity contribution >= 4 is 5.97 Å². The highest BCUT2D eigenvalue weighted by Crippen LogP contribution is 2.52. The fourth-order valence-electron chi connectivity index (χ4n) is 4.59. The van der Waals surface area contributed by atoms with Gasteiger partial charge in [-0.15, -0.1) is 0 Å². The Bertz CT molecular complexity index is 1080. The van der Waals surface area contributed by atoms with Crippen LogP contribution in [0.3, 0.4) is 0 Å². The van der Waals surface area contributed by atoms with E-state index in [1.54, 1.807) is 6.07 Å². The molecule has 0 saturated heterocycles. The topological polar surface area (TPSA) is 46.5 Å². The summed E-state index contributed by atoms with van der Waals surface area (Å²) in [5.74, 6) is 6.19. The van der Waals surface area contributed by atoms with Crippen LogP contribution < -0.4 is 4.74 Å². The predicted octanol–water partition coefficient (Wildman–Crippen LogP) is 5.57. The molecule has 0 spiro atoms. The first-order valence-electron chi connectivity index (χ1n) is 10.4. The number of hydrogen-bond donors (Lipinski definition) is 1. The van der Waals surface area contributed by atoms with E-state index in [4.69, 9.17) is 9.84 Å². The van der Waals surface area contributed by atoms with Crippen molar-refractivity contribution in [1.29, 1.82) is 0 Å². The Hall–Kier alpha value is -2.80. The first-order valence-corrected chi connectivity index (χ1v) is 10.4. The average Bonchev–Trinajstić information content (AvgIpc) is 3.45. The Morgan fingerprint density at radius 2 is 1.83 bits per heavy atom. The van der Waals surface area contributed by atoms with Gasteiger partial charge in [-0.1, -0.05) is 31.8 Å². The third-order valence-corrected chi connectivity index (χ3v) is 5.86. The SMILES string of the molecule is CC1(C)CC(C)(C)c2cc(C#Cc3ccc(CC(=O)O)c(F)c3)cc(C3CC3)c2O1.